The van der Waals surface area contributed by atoms with Crippen LogP contribution in [-0.2, 0) is 10.8 Å². The fourth-order valence-corrected chi connectivity index (χ4v) is 2.24. The molecule has 1 rings (SSSR count). The van der Waals surface area contributed by atoms with Gasteiger partial charge in [0.15, 0.2) is 0 Å². The minimum atomic E-state index is -0.937. The maximum atomic E-state index is 11.8. The zero-order chi connectivity index (χ0) is 10.0. The van der Waals surface area contributed by atoms with Gasteiger partial charge in [0.05, 0.1) is 10.8 Å². The van der Waals surface area contributed by atoms with Crippen molar-refractivity contribution in [3.8, 4) is 0 Å². The molecule has 0 aliphatic rings. The van der Waals surface area contributed by atoms with Crippen LogP contribution in [0.25, 0.3) is 0 Å². The lowest BCUT2D eigenvalue weighted by Gasteiger charge is -2.09. The number of hydrogen-bond acceptors (Lipinski definition) is 2. The van der Waals surface area contributed by atoms with Crippen LogP contribution in [0.15, 0.2) is 23.1 Å². The summed E-state index contributed by atoms with van der Waals surface area (Å²) >= 11 is 0. The van der Waals surface area contributed by atoms with E-state index in [2.05, 4.69) is 0 Å². The first-order chi connectivity index (χ1) is 6.04. The van der Waals surface area contributed by atoms with Gasteiger partial charge in [-0.05, 0) is 24.6 Å². The Morgan fingerprint density at radius 3 is 2.54 bits per heavy atom. The van der Waals surface area contributed by atoms with E-state index in [-0.39, 0.29) is 5.25 Å². The molecule has 0 aromatic heterocycles. The SMILES string of the molecule is Cc1c(N)cccc1S(=O)C(C)C. The summed E-state index contributed by atoms with van der Waals surface area (Å²) in [6.45, 7) is 5.79. The van der Waals surface area contributed by atoms with E-state index in [0.29, 0.717) is 5.69 Å². The normalized spacial score (nSPS) is 13.2. The molecule has 1 aromatic rings. The van der Waals surface area contributed by atoms with Crippen molar-refractivity contribution >= 4 is 16.5 Å². The van der Waals surface area contributed by atoms with Gasteiger partial charge >= 0.3 is 0 Å². The van der Waals surface area contributed by atoms with Gasteiger partial charge in [-0.25, -0.2) is 0 Å². The van der Waals surface area contributed by atoms with Crippen molar-refractivity contribution in [2.45, 2.75) is 30.9 Å². The number of benzene rings is 1. The Kier molecular flexibility index (Phi) is 3.09. The number of anilines is 1. The Morgan fingerprint density at radius 2 is 2.00 bits per heavy atom. The summed E-state index contributed by atoms with van der Waals surface area (Å²) in [5, 5.41) is 0.139. The van der Waals surface area contributed by atoms with E-state index in [1.807, 2.05) is 39.0 Å². The summed E-state index contributed by atoms with van der Waals surface area (Å²) in [6, 6.07) is 5.55. The van der Waals surface area contributed by atoms with Gasteiger partial charge in [-0.1, -0.05) is 19.9 Å². The summed E-state index contributed by atoms with van der Waals surface area (Å²) in [5.74, 6) is 0. The van der Waals surface area contributed by atoms with E-state index in [4.69, 9.17) is 5.73 Å². The van der Waals surface area contributed by atoms with E-state index < -0.39 is 10.8 Å². The Hall–Kier alpha value is -0.830. The van der Waals surface area contributed by atoms with Crippen LogP contribution in [0.1, 0.15) is 19.4 Å². The molecule has 1 unspecified atom stereocenters. The summed E-state index contributed by atoms with van der Waals surface area (Å²) in [4.78, 5) is 0.856. The molecule has 0 bridgehead atoms. The van der Waals surface area contributed by atoms with Crippen molar-refractivity contribution in [2.75, 3.05) is 5.73 Å². The number of rotatable bonds is 2. The highest BCUT2D eigenvalue weighted by molar-refractivity contribution is 7.85. The minimum Gasteiger partial charge on any atom is -0.398 e. The molecule has 0 fully saturated rings. The molecule has 1 atom stereocenters. The van der Waals surface area contributed by atoms with Crippen molar-refractivity contribution in [1.29, 1.82) is 0 Å². The molecule has 0 aliphatic carbocycles. The van der Waals surface area contributed by atoms with Gasteiger partial charge in [0.1, 0.15) is 0 Å². The van der Waals surface area contributed by atoms with Crippen molar-refractivity contribution in [1.82, 2.24) is 0 Å². The molecule has 0 amide bonds. The molecule has 0 heterocycles. The van der Waals surface area contributed by atoms with Gasteiger partial charge in [-0.2, -0.15) is 0 Å². The van der Waals surface area contributed by atoms with Gasteiger partial charge in [-0.3, -0.25) is 4.21 Å². The van der Waals surface area contributed by atoms with Crippen molar-refractivity contribution in [3.63, 3.8) is 0 Å². The van der Waals surface area contributed by atoms with E-state index in [9.17, 15) is 4.21 Å². The molecular formula is C10H15NOS. The largest absolute Gasteiger partial charge is 0.398 e. The lowest BCUT2D eigenvalue weighted by molar-refractivity contribution is 0.676. The zero-order valence-corrected chi connectivity index (χ0v) is 9.02. The molecule has 3 heteroatoms. The average Bonchev–Trinajstić information content (AvgIpc) is 2.08. The standard InChI is InChI=1S/C10H15NOS/c1-7(2)13(12)10-6-4-5-9(11)8(10)3/h4-7H,11H2,1-3H3. The topological polar surface area (TPSA) is 43.1 Å². The molecule has 72 valence electrons. The second-order valence-electron chi connectivity index (χ2n) is 3.32. The van der Waals surface area contributed by atoms with Crippen molar-refractivity contribution < 1.29 is 4.21 Å². The Balaban J connectivity index is 3.15. The third-order valence-corrected chi connectivity index (χ3v) is 3.70. The van der Waals surface area contributed by atoms with Crippen LogP contribution in [0.3, 0.4) is 0 Å². The first kappa shape index (κ1) is 10.3. The molecular weight excluding hydrogens is 182 g/mol. The molecule has 13 heavy (non-hydrogen) atoms. The number of nitrogens with two attached hydrogens (primary N) is 1. The molecule has 0 aliphatic heterocycles. The van der Waals surface area contributed by atoms with Gasteiger partial charge in [0.25, 0.3) is 0 Å². The lowest BCUT2D eigenvalue weighted by atomic mass is 10.2. The monoisotopic (exact) mass is 197 g/mol. The van der Waals surface area contributed by atoms with Crippen molar-refractivity contribution in [3.05, 3.63) is 23.8 Å². The molecule has 0 saturated heterocycles. The van der Waals surface area contributed by atoms with Gasteiger partial charge in [-0.15, -0.1) is 0 Å². The van der Waals surface area contributed by atoms with Crippen LogP contribution in [-0.4, -0.2) is 9.46 Å². The Labute approximate surface area is 81.6 Å². The average molecular weight is 197 g/mol. The first-order valence-electron chi connectivity index (χ1n) is 4.29. The maximum Gasteiger partial charge on any atom is 0.0558 e. The highest BCUT2D eigenvalue weighted by Crippen LogP contribution is 2.20. The fraction of sp³-hybridized carbons (Fsp3) is 0.400. The Bertz CT molecular complexity index is 334. The molecule has 1 aromatic carbocycles. The van der Waals surface area contributed by atoms with Crippen molar-refractivity contribution in [2.24, 2.45) is 0 Å². The van der Waals surface area contributed by atoms with Gasteiger partial charge < -0.3 is 5.73 Å². The molecule has 2 nitrogen and oxygen atoms in total. The lowest BCUT2D eigenvalue weighted by Crippen LogP contribution is -2.08. The van der Waals surface area contributed by atoms with Gasteiger partial charge in [0.2, 0.25) is 0 Å². The maximum absolute atomic E-state index is 11.8. The molecule has 2 N–H and O–H groups in total. The molecule has 0 spiro atoms. The Morgan fingerprint density at radius 1 is 1.38 bits per heavy atom. The zero-order valence-electron chi connectivity index (χ0n) is 8.20. The molecule has 0 saturated carbocycles. The summed E-state index contributed by atoms with van der Waals surface area (Å²) in [7, 11) is -0.937. The minimum absolute atomic E-state index is 0.139. The second kappa shape index (κ2) is 3.92. The van der Waals surface area contributed by atoms with E-state index in [1.54, 1.807) is 0 Å². The van der Waals surface area contributed by atoms with E-state index in [1.165, 1.54) is 0 Å². The number of nitrogen functional groups attached to an aromatic ring is 1. The van der Waals surface area contributed by atoms with Crippen LogP contribution in [0.2, 0.25) is 0 Å². The summed E-state index contributed by atoms with van der Waals surface area (Å²) in [5.41, 5.74) is 7.38. The third-order valence-electron chi connectivity index (χ3n) is 1.97. The quantitative estimate of drug-likeness (QED) is 0.738. The fourth-order valence-electron chi connectivity index (χ4n) is 1.10. The van der Waals surface area contributed by atoms with Crippen LogP contribution < -0.4 is 5.73 Å². The van der Waals surface area contributed by atoms with Crippen LogP contribution >= 0.6 is 0 Å². The predicted molar refractivity (Wildman–Crippen MR) is 57.1 cm³/mol. The first-order valence-corrected chi connectivity index (χ1v) is 5.51. The third kappa shape index (κ3) is 2.10. The van der Waals surface area contributed by atoms with Gasteiger partial charge in [0, 0.05) is 15.8 Å². The summed E-state index contributed by atoms with van der Waals surface area (Å²) < 4.78 is 11.8. The van der Waals surface area contributed by atoms with Crippen LogP contribution in [0.4, 0.5) is 5.69 Å². The summed E-state index contributed by atoms with van der Waals surface area (Å²) in [6.07, 6.45) is 0. The predicted octanol–water partition coefficient (Wildman–Crippen LogP) is 2.09. The highest BCUT2D eigenvalue weighted by Gasteiger charge is 2.11. The highest BCUT2D eigenvalue weighted by atomic mass is 32.2. The van der Waals surface area contributed by atoms with E-state index in [0.717, 1.165) is 10.5 Å². The number of hydrogen-bond donors (Lipinski definition) is 1. The molecule has 0 radical (unpaired) electrons. The van der Waals surface area contributed by atoms with Crippen LogP contribution in [0, 0.1) is 6.92 Å². The second-order valence-corrected chi connectivity index (χ2v) is 5.29. The van der Waals surface area contributed by atoms with Crippen LogP contribution in [0.5, 0.6) is 0 Å². The van der Waals surface area contributed by atoms with E-state index >= 15 is 0 Å². The smallest absolute Gasteiger partial charge is 0.0558 e.